The van der Waals surface area contributed by atoms with Crippen molar-refractivity contribution in [2.45, 2.75) is 24.8 Å². The van der Waals surface area contributed by atoms with Crippen LogP contribution in [0.25, 0.3) is 11.1 Å². The maximum atomic E-state index is 14.3. The Balaban J connectivity index is 1.70. The van der Waals surface area contributed by atoms with Crippen LogP contribution in [-0.4, -0.2) is 57.8 Å². The molecule has 0 aromatic heterocycles. The van der Waals surface area contributed by atoms with Crippen molar-refractivity contribution in [3.05, 3.63) is 120 Å². The minimum Gasteiger partial charge on any atom is -0.497 e. The maximum Gasteiger partial charge on any atom is 0.315 e. The minimum absolute atomic E-state index is 0.0358. The first-order valence-electron chi connectivity index (χ1n) is 14.5. The molecule has 1 heterocycles. The Bertz CT molecular complexity index is 1950. The number of benzene rings is 4. The molecular formula is C36H33NO9S. The Labute approximate surface area is 273 Å². The van der Waals surface area contributed by atoms with Gasteiger partial charge in [-0.3, -0.25) is 14.4 Å². The molecule has 1 aliphatic rings. The molecule has 0 saturated heterocycles. The number of carbonyl (C=O) groups excluding carboxylic acids is 3. The monoisotopic (exact) mass is 655 g/mol. The molecule has 242 valence electrons. The first kappa shape index (κ1) is 33.0. The molecule has 0 saturated carbocycles. The summed E-state index contributed by atoms with van der Waals surface area (Å²) in [7, 11) is -0.576. The van der Waals surface area contributed by atoms with Gasteiger partial charge in [0, 0.05) is 11.8 Å². The zero-order valence-electron chi connectivity index (χ0n) is 26.4. The number of nitrogens with zero attached hydrogens (tertiary/aromatic N) is 1. The highest BCUT2D eigenvalue weighted by Crippen LogP contribution is 2.41. The van der Waals surface area contributed by atoms with Crippen LogP contribution >= 0.6 is 0 Å². The van der Waals surface area contributed by atoms with Crippen molar-refractivity contribution in [1.29, 1.82) is 0 Å². The second-order valence-electron chi connectivity index (χ2n) is 11.2. The van der Waals surface area contributed by atoms with Crippen LogP contribution in [0, 0.1) is 5.41 Å². The number of esters is 1. The molecule has 0 bridgehead atoms. The Hall–Kier alpha value is -5.42. The molecule has 5 rings (SSSR count). The second kappa shape index (κ2) is 13.1. The van der Waals surface area contributed by atoms with E-state index in [1.54, 1.807) is 18.2 Å². The first-order valence-corrected chi connectivity index (χ1v) is 15.9. The first-order chi connectivity index (χ1) is 22.4. The van der Waals surface area contributed by atoms with Crippen molar-refractivity contribution in [3.8, 4) is 28.4 Å². The minimum atomic E-state index is -4.64. The van der Waals surface area contributed by atoms with Crippen molar-refractivity contribution in [1.82, 2.24) is 4.31 Å². The lowest BCUT2D eigenvalue weighted by Crippen LogP contribution is -2.47. The van der Waals surface area contributed by atoms with Crippen LogP contribution in [0.15, 0.2) is 114 Å². The topological polar surface area (TPSA) is 126 Å². The molecule has 0 radical (unpaired) electrons. The van der Waals surface area contributed by atoms with Gasteiger partial charge in [-0.15, -0.1) is 0 Å². The van der Waals surface area contributed by atoms with Crippen molar-refractivity contribution >= 4 is 27.7 Å². The van der Waals surface area contributed by atoms with Crippen LogP contribution in [-0.2, 0) is 19.6 Å². The van der Waals surface area contributed by atoms with E-state index in [-0.39, 0.29) is 27.3 Å². The lowest BCUT2D eigenvalue weighted by atomic mass is 9.78. The molecule has 0 fully saturated rings. The number of rotatable bonds is 9. The lowest BCUT2D eigenvalue weighted by Gasteiger charge is -2.37. The Kier molecular flexibility index (Phi) is 9.21. The number of ether oxygens (including phenoxy) is 4. The third-order valence-electron chi connectivity index (χ3n) is 7.90. The normalized spacial score (nSPS) is 15.3. The van der Waals surface area contributed by atoms with Crippen LogP contribution in [0.3, 0.4) is 0 Å². The molecule has 11 heteroatoms. The van der Waals surface area contributed by atoms with E-state index in [1.165, 1.54) is 83.7 Å². The van der Waals surface area contributed by atoms with E-state index in [9.17, 15) is 22.8 Å². The molecule has 1 unspecified atom stereocenters. The van der Waals surface area contributed by atoms with Gasteiger partial charge < -0.3 is 18.9 Å². The van der Waals surface area contributed by atoms with Crippen molar-refractivity contribution in [3.63, 3.8) is 0 Å². The zero-order valence-corrected chi connectivity index (χ0v) is 27.2. The molecule has 0 N–H and O–H groups in total. The van der Waals surface area contributed by atoms with Gasteiger partial charge in [-0.25, -0.2) is 12.7 Å². The van der Waals surface area contributed by atoms with E-state index < -0.39 is 39.2 Å². The largest absolute Gasteiger partial charge is 0.497 e. The number of sulfonamides is 1. The smallest absolute Gasteiger partial charge is 0.315 e. The number of hydrogen-bond donors (Lipinski definition) is 0. The van der Waals surface area contributed by atoms with Crippen LogP contribution < -0.4 is 14.2 Å². The fourth-order valence-electron chi connectivity index (χ4n) is 5.20. The lowest BCUT2D eigenvalue weighted by molar-refractivity contribution is -0.155. The fraction of sp³-hybridized carbons (Fsp3) is 0.194. The van der Waals surface area contributed by atoms with Crippen LogP contribution in [0.1, 0.15) is 34.6 Å². The standard InChI is InChI=1S/C36H33NO9S/c1-36(2,35(40)45-5)33-30(32(38)29-21-27(44-4)17-20-31(29)46-33)22-37(47(41,42)28-18-15-26(43-3)16-19-28)34(39)25-13-11-24(12-14-25)23-9-7-6-8-10-23/h6-22,33H,1-5H3/b30-22+. The van der Waals surface area contributed by atoms with Gasteiger partial charge in [0.15, 0.2) is 5.78 Å². The molecule has 1 atom stereocenters. The molecule has 0 aliphatic carbocycles. The Morgan fingerprint density at radius 3 is 2.00 bits per heavy atom. The van der Waals surface area contributed by atoms with Gasteiger partial charge in [-0.1, -0.05) is 42.5 Å². The molecule has 0 spiro atoms. The molecular weight excluding hydrogens is 622 g/mol. The molecule has 47 heavy (non-hydrogen) atoms. The molecule has 4 aromatic carbocycles. The highest BCUT2D eigenvalue weighted by atomic mass is 32.2. The maximum absolute atomic E-state index is 14.3. The summed E-state index contributed by atoms with van der Waals surface area (Å²) in [6, 6.07) is 25.9. The summed E-state index contributed by atoms with van der Waals surface area (Å²) >= 11 is 0. The summed E-state index contributed by atoms with van der Waals surface area (Å²) in [5.41, 5.74) is 0.0637. The van der Waals surface area contributed by atoms with Gasteiger partial charge in [-0.2, -0.15) is 0 Å². The van der Waals surface area contributed by atoms with Crippen molar-refractivity contribution in [2.75, 3.05) is 21.3 Å². The third-order valence-corrected chi connectivity index (χ3v) is 9.56. The van der Waals surface area contributed by atoms with Crippen LogP contribution in [0.5, 0.6) is 17.2 Å². The highest BCUT2D eigenvalue weighted by molar-refractivity contribution is 7.89. The Morgan fingerprint density at radius 1 is 0.809 bits per heavy atom. The Morgan fingerprint density at radius 2 is 1.40 bits per heavy atom. The van der Waals surface area contributed by atoms with Gasteiger partial charge in [0.2, 0.25) is 0 Å². The summed E-state index contributed by atoms with van der Waals surface area (Å²) in [4.78, 5) is 41.2. The molecule has 1 aliphatic heterocycles. The quantitative estimate of drug-likeness (QED) is 0.159. The zero-order chi connectivity index (χ0) is 33.9. The summed E-state index contributed by atoms with van der Waals surface area (Å²) < 4.78 is 50.7. The number of methoxy groups -OCH3 is 3. The molecule has 1 amide bonds. The summed E-state index contributed by atoms with van der Waals surface area (Å²) in [5.74, 6) is -1.41. The number of fused-ring (bicyclic) bond motifs is 1. The van der Waals surface area contributed by atoms with Gasteiger partial charge in [0.1, 0.15) is 28.8 Å². The number of amides is 1. The summed E-state index contributed by atoms with van der Waals surface area (Å²) in [6.45, 7) is 3.01. The highest BCUT2D eigenvalue weighted by Gasteiger charge is 2.48. The fourth-order valence-corrected chi connectivity index (χ4v) is 6.48. The number of carbonyl (C=O) groups is 3. The summed E-state index contributed by atoms with van der Waals surface area (Å²) in [6.07, 6.45) is -0.405. The van der Waals surface area contributed by atoms with E-state index in [0.29, 0.717) is 15.8 Å². The van der Waals surface area contributed by atoms with Crippen molar-refractivity contribution < 1.29 is 41.7 Å². The third kappa shape index (κ3) is 6.34. The number of Topliss-reactive ketones (excluding diaryl/α,β-unsaturated/α-hetero) is 1. The van der Waals surface area contributed by atoms with Crippen LogP contribution in [0.2, 0.25) is 0 Å². The van der Waals surface area contributed by atoms with Crippen molar-refractivity contribution in [2.24, 2.45) is 5.41 Å². The van der Waals surface area contributed by atoms with E-state index in [2.05, 4.69) is 0 Å². The second-order valence-corrected chi connectivity index (χ2v) is 13.0. The van der Waals surface area contributed by atoms with Gasteiger partial charge in [0.05, 0.1) is 37.4 Å². The van der Waals surface area contributed by atoms with E-state index in [1.807, 2.05) is 30.3 Å². The summed E-state index contributed by atoms with van der Waals surface area (Å²) in [5, 5.41) is 0. The number of hydrogen-bond acceptors (Lipinski definition) is 9. The average Bonchev–Trinajstić information content (AvgIpc) is 3.10. The SMILES string of the molecule is COC(=O)C(C)(C)C1Oc2ccc(OC)cc2C(=O)/C1=C\N(C(=O)c1ccc(-c2ccccc2)cc1)S(=O)(=O)c1ccc(OC)cc1. The predicted molar refractivity (Wildman–Crippen MR) is 174 cm³/mol. The molecule has 4 aromatic rings. The van der Waals surface area contributed by atoms with Crippen LogP contribution in [0.4, 0.5) is 0 Å². The van der Waals surface area contributed by atoms with Gasteiger partial charge in [0.25, 0.3) is 15.9 Å². The van der Waals surface area contributed by atoms with Gasteiger partial charge in [-0.05, 0) is 79.6 Å². The number of ketones is 1. The van der Waals surface area contributed by atoms with E-state index >= 15 is 0 Å². The predicted octanol–water partition coefficient (Wildman–Crippen LogP) is 5.93. The van der Waals surface area contributed by atoms with Gasteiger partial charge >= 0.3 is 5.97 Å². The molecule has 10 nitrogen and oxygen atoms in total. The average molecular weight is 656 g/mol. The van der Waals surface area contributed by atoms with E-state index in [0.717, 1.165) is 17.3 Å². The van der Waals surface area contributed by atoms with E-state index in [4.69, 9.17) is 18.9 Å².